The molecule has 3 aromatic rings. The Labute approximate surface area is 167 Å². The number of sulfonamides is 1. The molecule has 0 aliphatic carbocycles. The van der Waals surface area contributed by atoms with Crippen molar-refractivity contribution in [2.45, 2.75) is 37.2 Å². The van der Waals surface area contributed by atoms with Crippen molar-refractivity contribution in [2.75, 3.05) is 14.2 Å². The van der Waals surface area contributed by atoms with E-state index in [4.69, 9.17) is 8.83 Å². The second-order valence-corrected chi connectivity index (χ2v) is 8.65. The number of esters is 1. The fourth-order valence-corrected chi connectivity index (χ4v) is 4.35. The number of carbonyl (C=O) groups excluding carboxylic acids is 1. The first kappa shape index (κ1) is 20.9. The average molecular weight is 422 g/mol. The van der Waals surface area contributed by atoms with Crippen molar-refractivity contribution in [3.05, 3.63) is 52.9 Å². The summed E-state index contributed by atoms with van der Waals surface area (Å²) in [5, 5.41) is 0. The molecule has 10 heteroatoms. The molecule has 2 heterocycles. The van der Waals surface area contributed by atoms with E-state index in [1.54, 1.807) is 12.3 Å². The van der Waals surface area contributed by atoms with E-state index in [-0.39, 0.29) is 23.1 Å². The fourth-order valence-electron chi connectivity index (χ4n) is 2.94. The van der Waals surface area contributed by atoms with Gasteiger partial charge in [0, 0.05) is 25.6 Å². The Morgan fingerprint density at radius 2 is 2.07 bits per heavy atom. The number of aromatic nitrogens is 1. The zero-order valence-electron chi connectivity index (χ0n) is 16.3. The summed E-state index contributed by atoms with van der Waals surface area (Å²) in [5.74, 6) is -0.588. The van der Waals surface area contributed by atoms with Crippen LogP contribution in [0.1, 0.15) is 19.1 Å². The number of aryl methyl sites for hydroxylation is 1. The molecule has 1 atom stereocenters. The number of carbonyl (C=O) groups is 1. The molecule has 156 valence electrons. The standard InChI is InChI=1S/C19H22N2O7S/c1-13(6-7-14-5-4-10-27-14)20(2)29(24,25)15-8-9-16-17(11-15)28-19(23)21(16)12-18(22)26-3/h4-5,8-11,13H,6-7,12H2,1-3H3. The van der Waals surface area contributed by atoms with E-state index in [0.717, 1.165) is 10.3 Å². The van der Waals surface area contributed by atoms with Crippen LogP contribution in [0.4, 0.5) is 0 Å². The number of hydrogen-bond acceptors (Lipinski definition) is 7. The van der Waals surface area contributed by atoms with Crippen LogP contribution < -0.4 is 5.76 Å². The molecule has 0 radical (unpaired) electrons. The van der Waals surface area contributed by atoms with Gasteiger partial charge in [0.1, 0.15) is 12.3 Å². The number of methoxy groups -OCH3 is 1. The zero-order chi connectivity index (χ0) is 21.2. The summed E-state index contributed by atoms with van der Waals surface area (Å²) in [6, 6.07) is 7.46. The van der Waals surface area contributed by atoms with Crippen molar-refractivity contribution >= 4 is 27.1 Å². The van der Waals surface area contributed by atoms with Crippen LogP contribution in [0.2, 0.25) is 0 Å². The number of furan rings is 1. The number of hydrogen-bond donors (Lipinski definition) is 0. The number of ether oxygens (including phenoxy) is 1. The van der Waals surface area contributed by atoms with Gasteiger partial charge in [-0.15, -0.1) is 0 Å². The smallest absolute Gasteiger partial charge is 0.420 e. The molecule has 29 heavy (non-hydrogen) atoms. The number of benzene rings is 1. The number of fused-ring (bicyclic) bond motifs is 1. The minimum atomic E-state index is -3.81. The van der Waals surface area contributed by atoms with E-state index >= 15 is 0 Å². The molecule has 2 aromatic heterocycles. The van der Waals surface area contributed by atoms with Crippen molar-refractivity contribution in [1.29, 1.82) is 0 Å². The highest BCUT2D eigenvalue weighted by atomic mass is 32.2. The second kappa shape index (κ2) is 8.26. The zero-order valence-corrected chi connectivity index (χ0v) is 17.1. The van der Waals surface area contributed by atoms with Crippen molar-refractivity contribution in [3.8, 4) is 0 Å². The van der Waals surface area contributed by atoms with Crippen LogP contribution in [0.15, 0.2) is 55.1 Å². The van der Waals surface area contributed by atoms with Gasteiger partial charge in [0.2, 0.25) is 10.0 Å². The van der Waals surface area contributed by atoms with Gasteiger partial charge in [-0.2, -0.15) is 4.31 Å². The van der Waals surface area contributed by atoms with Gasteiger partial charge in [-0.25, -0.2) is 13.2 Å². The Kier molecular flexibility index (Phi) is 5.94. The quantitative estimate of drug-likeness (QED) is 0.510. The van der Waals surface area contributed by atoms with Crippen LogP contribution >= 0.6 is 0 Å². The highest BCUT2D eigenvalue weighted by Gasteiger charge is 2.26. The van der Waals surface area contributed by atoms with Gasteiger partial charge in [0.05, 0.1) is 23.8 Å². The van der Waals surface area contributed by atoms with E-state index in [0.29, 0.717) is 18.4 Å². The van der Waals surface area contributed by atoms with Gasteiger partial charge in [0.15, 0.2) is 5.58 Å². The summed E-state index contributed by atoms with van der Waals surface area (Å²) in [6.45, 7) is 1.49. The molecule has 0 aliphatic heterocycles. The summed E-state index contributed by atoms with van der Waals surface area (Å²) in [6.07, 6.45) is 2.77. The van der Waals surface area contributed by atoms with Crippen LogP contribution in [0.5, 0.6) is 0 Å². The molecular weight excluding hydrogens is 400 g/mol. The Balaban J connectivity index is 1.84. The predicted molar refractivity (Wildman–Crippen MR) is 104 cm³/mol. The van der Waals surface area contributed by atoms with Crippen LogP contribution in [0.3, 0.4) is 0 Å². The fraction of sp³-hybridized carbons (Fsp3) is 0.368. The van der Waals surface area contributed by atoms with Crippen LogP contribution in [-0.2, 0) is 32.5 Å². The Morgan fingerprint density at radius 1 is 1.31 bits per heavy atom. The second-order valence-electron chi connectivity index (χ2n) is 6.65. The first-order valence-electron chi connectivity index (χ1n) is 8.94. The number of nitrogens with zero attached hydrogens (tertiary/aromatic N) is 2. The molecule has 0 aliphatic rings. The number of rotatable bonds is 8. The lowest BCUT2D eigenvalue weighted by Gasteiger charge is -2.24. The molecule has 0 N–H and O–H groups in total. The highest BCUT2D eigenvalue weighted by Crippen LogP contribution is 2.23. The minimum Gasteiger partial charge on any atom is -0.469 e. The first-order valence-corrected chi connectivity index (χ1v) is 10.4. The summed E-state index contributed by atoms with van der Waals surface area (Å²) in [7, 11) is -1.10. The minimum absolute atomic E-state index is 0.00341. The highest BCUT2D eigenvalue weighted by molar-refractivity contribution is 7.89. The van der Waals surface area contributed by atoms with E-state index in [9.17, 15) is 18.0 Å². The molecule has 0 saturated carbocycles. The van der Waals surface area contributed by atoms with Gasteiger partial charge < -0.3 is 13.6 Å². The third-order valence-corrected chi connectivity index (χ3v) is 6.81. The van der Waals surface area contributed by atoms with Gasteiger partial charge >= 0.3 is 11.7 Å². The first-order chi connectivity index (χ1) is 13.7. The molecule has 0 bridgehead atoms. The van der Waals surface area contributed by atoms with Crippen molar-refractivity contribution < 1.29 is 26.8 Å². The van der Waals surface area contributed by atoms with Crippen molar-refractivity contribution in [1.82, 2.24) is 8.87 Å². The van der Waals surface area contributed by atoms with E-state index in [2.05, 4.69) is 4.74 Å². The normalized spacial score (nSPS) is 13.1. The lowest BCUT2D eigenvalue weighted by atomic mass is 10.1. The molecule has 1 unspecified atom stereocenters. The molecule has 1 aromatic carbocycles. The monoisotopic (exact) mass is 422 g/mol. The van der Waals surface area contributed by atoms with Crippen LogP contribution in [-0.4, -0.2) is 43.5 Å². The lowest BCUT2D eigenvalue weighted by molar-refractivity contribution is -0.141. The van der Waals surface area contributed by atoms with Gasteiger partial charge in [-0.1, -0.05) is 0 Å². The largest absolute Gasteiger partial charge is 0.469 e. The summed E-state index contributed by atoms with van der Waals surface area (Å²) in [5.41, 5.74) is 0.393. The van der Waals surface area contributed by atoms with E-state index in [1.165, 1.54) is 36.7 Å². The molecule has 3 rings (SSSR count). The summed E-state index contributed by atoms with van der Waals surface area (Å²) < 4.78 is 43.3. The SMILES string of the molecule is COC(=O)Cn1c(=O)oc2cc(S(=O)(=O)N(C)C(C)CCc3ccco3)ccc21. The van der Waals surface area contributed by atoms with Crippen molar-refractivity contribution in [3.63, 3.8) is 0 Å². The molecular formula is C19H22N2O7S. The topological polar surface area (TPSA) is 112 Å². The third kappa shape index (κ3) is 4.28. The third-order valence-electron chi connectivity index (χ3n) is 4.84. The van der Waals surface area contributed by atoms with E-state index in [1.807, 2.05) is 13.0 Å². The summed E-state index contributed by atoms with van der Waals surface area (Å²) in [4.78, 5) is 23.5. The molecule has 0 amide bonds. The number of oxazole rings is 1. The molecule has 0 spiro atoms. The van der Waals surface area contributed by atoms with E-state index < -0.39 is 21.7 Å². The Morgan fingerprint density at radius 3 is 2.72 bits per heavy atom. The molecule has 9 nitrogen and oxygen atoms in total. The average Bonchev–Trinajstić information content (AvgIpc) is 3.32. The maximum atomic E-state index is 13.0. The lowest BCUT2D eigenvalue weighted by Crippen LogP contribution is -2.35. The summed E-state index contributed by atoms with van der Waals surface area (Å²) >= 11 is 0. The van der Waals surface area contributed by atoms with Crippen molar-refractivity contribution in [2.24, 2.45) is 0 Å². The molecule has 0 saturated heterocycles. The van der Waals surface area contributed by atoms with Crippen LogP contribution in [0, 0.1) is 0 Å². The Hall–Kier alpha value is -2.85. The Bertz CT molecular complexity index is 1160. The predicted octanol–water partition coefficient (Wildman–Crippen LogP) is 2.00. The maximum Gasteiger partial charge on any atom is 0.420 e. The maximum absolute atomic E-state index is 13.0. The van der Waals surface area contributed by atoms with Gasteiger partial charge in [0.25, 0.3) is 0 Å². The van der Waals surface area contributed by atoms with Gasteiger partial charge in [-0.3, -0.25) is 9.36 Å². The van der Waals surface area contributed by atoms with Gasteiger partial charge in [-0.05, 0) is 37.6 Å². The van der Waals surface area contributed by atoms with Crippen LogP contribution in [0.25, 0.3) is 11.1 Å². The molecule has 0 fully saturated rings.